The third kappa shape index (κ3) is 6.36. The Morgan fingerprint density at radius 3 is 2.57 bits per heavy atom. The van der Waals surface area contributed by atoms with Crippen molar-refractivity contribution in [3.05, 3.63) is 69.9 Å². The minimum absolute atomic E-state index is 0.0263. The van der Waals surface area contributed by atoms with E-state index in [9.17, 15) is 26.0 Å². The SMILES string of the molecule is CN(C)[C@H]1C[C@@H](c2cccc(C(F)(F)F)c2)CC[C@@H]1Nc1cc(F)c(S(=O)(=O)Nc2nccs2)cc1Cl. The first-order chi connectivity index (χ1) is 17.3. The smallest absolute Gasteiger partial charge is 0.379 e. The number of alkyl halides is 3. The quantitative estimate of drug-likeness (QED) is 0.317. The molecule has 0 radical (unpaired) electrons. The number of benzene rings is 2. The van der Waals surface area contributed by atoms with Crippen molar-refractivity contribution in [1.29, 1.82) is 0 Å². The van der Waals surface area contributed by atoms with Crippen LogP contribution >= 0.6 is 22.9 Å². The molecular formula is C24H25ClF4N4O2S2. The first-order valence-electron chi connectivity index (χ1n) is 11.4. The van der Waals surface area contributed by atoms with E-state index in [2.05, 4.69) is 15.0 Å². The fraction of sp³-hybridized carbons (Fsp3) is 0.375. The van der Waals surface area contributed by atoms with E-state index in [-0.39, 0.29) is 33.8 Å². The van der Waals surface area contributed by atoms with Crippen LogP contribution in [0.4, 0.5) is 28.4 Å². The molecule has 1 fully saturated rings. The van der Waals surface area contributed by atoms with Gasteiger partial charge in [0.25, 0.3) is 10.0 Å². The first-order valence-corrected chi connectivity index (χ1v) is 14.1. The van der Waals surface area contributed by atoms with E-state index in [4.69, 9.17) is 11.6 Å². The first kappa shape index (κ1) is 27.6. The van der Waals surface area contributed by atoms with Crippen LogP contribution in [0.25, 0.3) is 0 Å². The predicted molar refractivity (Wildman–Crippen MR) is 137 cm³/mol. The van der Waals surface area contributed by atoms with E-state index < -0.39 is 32.5 Å². The van der Waals surface area contributed by atoms with Crippen LogP contribution in [0.15, 0.2) is 52.9 Å². The lowest BCUT2D eigenvalue weighted by Gasteiger charge is -2.41. The van der Waals surface area contributed by atoms with E-state index >= 15 is 0 Å². The average molecular weight is 577 g/mol. The monoisotopic (exact) mass is 576 g/mol. The molecule has 0 aliphatic heterocycles. The number of hydrogen-bond donors (Lipinski definition) is 2. The Morgan fingerprint density at radius 2 is 1.92 bits per heavy atom. The highest BCUT2D eigenvalue weighted by molar-refractivity contribution is 7.93. The van der Waals surface area contributed by atoms with E-state index in [0.29, 0.717) is 24.8 Å². The van der Waals surface area contributed by atoms with E-state index in [1.54, 1.807) is 11.4 Å². The van der Waals surface area contributed by atoms with Gasteiger partial charge in [-0.2, -0.15) is 13.2 Å². The van der Waals surface area contributed by atoms with Crippen molar-refractivity contribution < 1.29 is 26.0 Å². The number of sulfonamides is 1. The molecule has 0 saturated heterocycles. The Morgan fingerprint density at radius 1 is 1.16 bits per heavy atom. The molecule has 0 spiro atoms. The number of nitrogens with one attached hydrogen (secondary N) is 2. The Bertz CT molecular complexity index is 1350. The van der Waals surface area contributed by atoms with Gasteiger partial charge in [-0.1, -0.05) is 29.8 Å². The van der Waals surface area contributed by atoms with Crippen molar-refractivity contribution in [1.82, 2.24) is 9.88 Å². The fourth-order valence-electron chi connectivity index (χ4n) is 4.65. The van der Waals surface area contributed by atoms with Crippen molar-refractivity contribution in [2.24, 2.45) is 0 Å². The van der Waals surface area contributed by atoms with Gasteiger partial charge in [0.05, 0.1) is 16.3 Å². The summed E-state index contributed by atoms with van der Waals surface area (Å²) in [5, 5.41) is 4.94. The van der Waals surface area contributed by atoms with Crippen LogP contribution in [0.5, 0.6) is 0 Å². The van der Waals surface area contributed by atoms with Crippen molar-refractivity contribution in [3.8, 4) is 0 Å². The lowest BCUT2D eigenvalue weighted by Crippen LogP contribution is -2.47. The number of nitrogens with zero attached hydrogens (tertiary/aromatic N) is 2. The molecular weight excluding hydrogens is 552 g/mol. The third-order valence-corrected chi connectivity index (χ3v) is 8.96. The van der Waals surface area contributed by atoms with Crippen molar-refractivity contribution in [2.45, 2.75) is 48.3 Å². The summed E-state index contributed by atoms with van der Waals surface area (Å²) in [4.78, 5) is 5.21. The van der Waals surface area contributed by atoms with E-state index in [1.165, 1.54) is 18.3 Å². The van der Waals surface area contributed by atoms with Crippen LogP contribution in [0.3, 0.4) is 0 Å². The standard InChI is InChI=1S/C24H25ClF4N4O2S2/c1-33(2)21-11-15(14-4-3-5-16(10-14)24(27,28)29)6-7-19(21)31-20-13-18(26)22(12-17(20)25)37(34,35)32-23-30-8-9-36-23/h3-5,8-10,12-13,15,19,21,31H,6-7,11H2,1-2H3,(H,30,32)/t15-,19-,21-/m0/s1. The molecule has 37 heavy (non-hydrogen) atoms. The maximum atomic E-state index is 14.9. The van der Waals surface area contributed by atoms with Crippen molar-refractivity contribution in [3.63, 3.8) is 0 Å². The van der Waals surface area contributed by atoms with Gasteiger partial charge in [0.2, 0.25) is 0 Å². The molecule has 2 aromatic carbocycles. The second kappa shape index (κ2) is 10.8. The van der Waals surface area contributed by atoms with Crippen molar-refractivity contribution >= 4 is 43.8 Å². The molecule has 1 aliphatic rings. The van der Waals surface area contributed by atoms with Gasteiger partial charge in [0, 0.05) is 23.7 Å². The Kier molecular flexibility index (Phi) is 8.03. The number of anilines is 2. The summed E-state index contributed by atoms with van der Waals surface area (Å²) in [6, 6.07) is 7.22. The highest BCUT2D eigenvalue weighted by Crippen LogP contribution is 2.39. The van der Waals surface area contributed by atoms with Crippen LogP contribution in [-0.4, -0.2) is 44.5 Å². The lowest BCUT2D eigenvalue weighted by molar-refractivity contribution is -0.137. The molecule has 1 aromatic heterocycles. The second-order valence-corrected chi connectivity index (χ2v) is 12.1. The lowest BCUT2D eigenvalue weighted by atomic mass is 9.78. The molecule has 1 aliphatic carbocycles. The molecule has 3 aromatic rings. The Balaban J connectivity index is 1.52. The Hall–Kier alpha value is -2.41. The van der Waals surface area contributed by atoms with Gasteiger partial charge in [-0.3, -0.25) is 4.72 Å². The van der Waals surface area contributed by atoms with Crippen LogP contribution in [0, 0.1) is 5.82 Å². The molecule has 1 saturated carbocycles. The number of thiazole rings is 1. The second-order valence-electron chi connectivity index (χ2n) is 9.12. The molecule has 0 unspecified atom stereocenters. The zero-order valence-electron chi connectivity index (χ0n) is 19.9. The minimum Gasteiger partial charge on any atom is -0.379 e. The number of rotatable bonds is 7. The van der Waals surface area contributed by atoms with E-state index in [0.717, 1.165) is 29.5 Å². The average Bonchev–Trinajstić information content (AvgIpc) is 3.33. The Labute approximate surface area is 221 Å². The summed E-state index contributed by atoms with van der Waals surface area (Å²) in [5.74, 6) is -1.06. The maximum absolute atomic E-state index is 14.9. The van der Waals surface area contributed by atoms with Crippen LogP contribution in [0.1, 0.15) is 36.3 Å². The normalized spacial score (nSPS) is 20.7. The highest BCUT2D eigenvalue weighted by Gasteiger charge is 2.35. The van der Waals surface area contributed by atoms with Crippen LogP contribution < -0.4 is 10.0 Å². The molecule has 13 heteroatoms. The summed E-state index contributed by atoms with van der Waals surface area (Å²) in [5.41, 5.74) is 0.196. The largest absolute Gasteiger partial charge is 0.416 e. The summed E-state index contributed by atoms with van der Waals surface area (Å²) in [7, 11) is -0.498. The number of halogens is 5. The van der Waals surface area contributed by atoms with Crippen LogP contribution in [0.2, 0.25) is 5.02 Å². The highest BCUT2D eigenvalue weighted by atomic mass is 35.5. The zero-order valence-corrected chi connectivity index (χ0v) is 22.3. The van der Waals surface area contributed by atoms with Gasteiger partial charge in [-0.15, -0.1) is 11.3 Å². The van der Waals surface area contributed by atoms with E-state index in [1.807, 2.05) is 19.0 Å². The maximum Gasteiger partial charge on any atom is 0.416 e. The van der Waals surface area contributed by atoms with Gasteiger partial charge in [0.1, 0.15) is 10.7 Å². The van der Waals surface area contributed by atoms with Gasteiger partial charge in [0.15, 0.2) is 5.13 Å². The molecule has 3 atom stereocenters. The molecule has 6 nitrogen and oxygen atoms in total. The summed E-state index contributed by atoms with van der Waals surface area (Å²) < 4.78 is 82.0. The minimum atomic E-state index is -4.41. The van der Waals surface area contributed by atoms with Gasteiger partial charge in [-0.05, 0) is 63.0 Å². The van der Waals surface area contributed by atoms with Gasteiger partial charge < -0.3 is 10.2 Å². The fourth-order valence-corrected chi connectivity index (χ4v) is 6.80. The van der Waals surface area contributed by atoms with Gasteiger partial charge >= 0.3 is 6.18 Å². The van der Waals surface area contributed by atoms with Gasteiger partial charge in [-0.25, -0.2) is 17.8 Å². The van der Waals surface area contributed by atoms with Crippen LogP contribution in [-0.2, 0) is 16.2 Å². The number of aromatic nitrogens is 1. The molecule has 2 N–H and O–H groups in total. The summed E-state index contributed by atoms with van der Waals surface area (Å²) >= 11 is 7.42. The molecule has 1 heterocycles. The molecule has 200 valence electrons. The van der Waals surface area contributed by atoms with Crippen molar-refractivity contribution in [2.75, 3.05) is 24.1 Å². The number of hydrogen-bond acceptors (Lipinski definition) is 6. The predicted octanol–water partition coefficient (Wildman–Crippen LogP) is 6.43. The third-order valence-electron chi connectivity index (χ3n) is 6.47. The number of likely N-dealkylation sites (N-methyl/N-ethyl adjacent to an activating group) is 1. The molecule has 4 rings (SSSR count). The topological polar surface area (TPSA) is 74.3 Å². The summed E-state index contributed by atoms with van der Waals surface area (Å²) in [6.45, 7) is 0. The zero-order chi connectivity index (χ0) is 27.0. The molecule has 0 amide bonds. The summed E-state index contributed by atoms with van der Waals surface area (Å²) in [6.07, 6.45) is -1.20. The molecule has 0 bridgehead atoms.